The summed E-state index contributed by atoms with van der Waals surface area (Å²) in [5, 5.41) is 17.7. The molecule has 0 radical (unpaired) electrons. The molecule has 0 fully saturated rings. The standard InChI is InChI=1S/C23H21F3N4O2/c1-13(2)21(31)22(32)29-20-11-27-19-8-3-14(9-18(19)20)15-10-28-30(12-15)17-6-4-16(5-7-17)23(24,25)26/h3-13,21,27,31H,1-2H3,(H,29,32)/t21-/m0/s1. The first-order chi connectivity index (χ1) is 15.1. The summed E-state index contributed by atoms with van der Waals surface area (Å²) < 4.78 is 39.8. The zero-order valence-electron chi connectivity index (χ0n) is 17.3. The molecule has 6 nitrogen and oxygen atoms in total. The third-order valence-corrected chi connectivity index (χ3v) is 5.21. The molecule has 0 aliphatic rings. The van der Waals surface area contributed by atoms with Crippen LogP contribution in [0.15, 0.2) is 61.1 Å². The van der Waals surface area contributed by atoms with Crippen LogP contribution >= 0.6 is 0 Å². The molecule has 166 valence electrons. The third-order valence-electron chi connectivity index (χ3n) is 5.21. The van der Waals surface area contributed by atoms with Crippen molar-refractivity contribution < 1.29 is 23.1 Å². The van der Waals surface area contributed by atoms with Crippen LogP contribution in [0.5, 0.6) is 0 Å². The van der Waals surface area contributed by atoms with Gasteiger partial charge in [0.25, 0.3) is 5.91 Å². The van der Waals surface area contributed by atoms with Crippen molar-refractivity contribution in [1.82, 2.24) is 14.8 Å². The van der Waals surface area contributed by atoms with Crippen molar-refractivity contribution in [3.8, 4) is 16.8 Å². The first kappa shape index (κ1) is 21.6. The number of aromatic amines is 1. The number of aliphatic hydroxyl groups excluding tert-OH is 1. The van der Waals surface area contributed by atoms with Gasteiger partial charge in [-0.15, -0.1) is 0 Å². The molecule has 0 unspecified atom stereocenters. The van der Waals surface area contributed by atoms with Gasteiger partial charge >= 0.3 is 6.18 Å². The first-order valence-electron chi connectivity index (χ1n) is 9.96. The number of alkyl halides is 3. The minimum atomic E-state index is -4.39. The van der Waals surface area contributed by atoms with Crippen LogP contribution in [-0.4, -0.2) is 31.9 Å². The number of carbonyl (C=O) groups is 1. The van der Waals surface area contributed by atoms with E-state index in [-0.39, 0.29) is 5.92 Å². The lowest BCUT2D eigenvalue weighted by atomic mass is 10.1. The number of anilines is 1. The van der Waals surface area contributed by atoms with E-state index >= 15 is 0 Å². The molecule has 2 heterocycles. The number of fused-ring (bicyclic) bond motifs is 1. The number of aliphatic hydroxyl groups is 1. The minimum Gasteiger partial charge on any atom is -0.383 e. The number of hydrogen-bond donors (Lipinski definition) is 3. The maximum absolute atomic E-state index is 12.8. The quantitative estimate of drug-likeness (QED) is 0.407. The summed E-state index contributed by atoms with van der Waals surface area (Å²) in [6.45, 7) is 3.51. The number of nitrogens with zero attached hydrogens (tertiary/aromatic N) is 2. The average Bonchev–Trinajstić information content (AvgIpc) is 3.40. The molecule has 0 saturated heterocycles. The summed E-state index contributed by atoms with van der Waals surface area (Å²) in [6, 6.07) is 10.4. The molecule has 1 amide bonds. The van der Waals surface area contributed by atoms with E-state index in [0.29, 0.717) is 11.4 Å². The second-order valence-corrected chi connectivity index (χ2v) is 7.86. The zero-order valence-corrected chi connectivity index (χ0v) is 17.3. The van der Waals surface area contributed by atoms with Crippen LogP contribution in [0.25, 0.3) is 27.7 Å². The van der Waals surface area contributed by atoms with Crippen LogP contribution in [0, 0.1) is 5.92 Å². The molecule has 9 heteroatoms. The number of hydrogen-bond acceptors (Lipinski definition) is 3. The van der Waals surface area contributed by atoms with Crippen molar-refractivity contribution in [3.05, 3.63) is 66.6 Å². The fraction of sp³-hybridized carbons (Fsp3) is 0.217. The molecular formula is C23H21F3N4O2. The van der Waals surface area contributed by atoms with Crippen molar-refractivity contribution in [2.24, 2.45) is 5.92 Å². The summed E-state index contributed by atoms with van der Waals surface area (Å²) in [7, 11) is 0. The highest BCUT2D eigenvalue weighted by molar-refractivity contribution is 6.04. The zero-order chi connectivity index (χ0) is 23.0. The van der Waals surface area contributed by atoms with Gasteiger partial charge in [-0.05, 0) is 47.9 Å². The van der Waals surface area contributed by atoms with Gasteiger partial charge < -0.3 is 15.4 Å². The van der Waals surface area contributed by atoms with E-state index in [1.165, 1.54) is 16.8 Å². The number of carbonyl (C=O) groups excluding carboxylic acids is 1. The molecule has 4 rings (SSSR count). The van der Waals surface area contributed by atoms with Crippen LogP contribution in [-0.2, 0) is 11.0 Å². The molecule has 2 aromatic heterocycles. The van der Waals surface area contributed by atoms with Gasteiger partial charge in [-0.25, -0.2) is 4.68 Å². The number of aromatic nitrogens is 3. The molecule has 2 aromatic carbocycles. The summed E-state index contributed by atoms with van der Waals surface area (Å²) in [5.41, 5.74) is 2.70. The maximum atomic E-state index is 12.8. The Balaban J connectivity index is 1.61. The van der Waals surface area contributed by atoms with Gasteiger partial charge in [0.15, 0.2) is 0 Å². The van der Waals surface area contributed by atoms with Crippen LogP contribution < -0.4 is 5.32 Å². The Morgan fingerprint density at radius 2 is 1.84 bits per heavy atom. The topological polar surface area (TPSA) is 82.9 Å². The summed E-state index contributed by atoms with van der Waals surface area (Å²) in [6.07, 6.45) is -0.517. The van der Waals surface area contributed by atoms with Gasteiger partial charge in [0.05, 0.1) is 23.1 Å². The Bertz CT molecular complexity index is 1260. The molecule has 32 heavy (non-hydrogen) atoms. The van der Waals surface area contributed by atoms with Gasteiger partial charge in [-0.3, -0.25) is 4.79 Å². The fourth-order valence-electron chi connectivity index (χ4n) is 3.33. The molecule has 1 atom stereocenters. The van der Waals surface area contributed by atoms with Gasteiger partial charge in [-0.1, -0.05) is 19.9 Å². The minimum absolute atomic E-state index is 0.216. The van der Waals surface area contributed by atoms with Crippen LogP contribution in [0.3, 0.4) is 0 Å². The lowest BCUT2D eigenvalue weighted by Crippen LogP contribution is -2.31. The van der Waals surface area contributed by atoms with Crippen molar-refractivity contribution in [2.75, 3.05) is 5.32 Å². The smallest absolute Gasteiger partial charge is 0.383 e. The van der Waals surface area contributed by atoms with Crippen molar-refractivity contribution in [3.63, 3.8) is 0 Å². The van der Waals surface area contributed by atoms with Gasteiger partial charge in [0.2, 0.25) is 0 Å². The SMILES string of the molecule is CC(C)[C@H](O)C(=O)Nc1c[nH]c2ccc(-c3cnn(-c4ccc(C(F)(F)F)cc4)c3)cc12. The Kier molecular flexibility index (Phi) is 5.52. The third kappa shape index (κ3) is 4.24. The average molecular weight is 442 g/mol. The molecule has 0 spiro atoms. The molecule has 0 saturated carbocycles. The maximum Gasteiger partial charge on any atom is 0.416 e. The highest BCUT2D eigenvalue weighted by Gasteiger charge is 2.30. The van der Waals surface area contributed by atoms with Gasteiger partial charge in [0.1, 0.15) is 6.10 Å². The Labute approximate surface area is 181 Å². The predicted octanol–water partition coefficient (Wildman–Crippen LogP) is 4.99. The van der Waals surface area contributed by atoms with E-state index in [1.54, 1.807) is 32.4 Å². The molecule has 0 aliphatic heterocycles. The fourth-order valence-corrected chi connectivity index (χ4v) is 3.33. The summed E-state index contributed by atoms with van der Waals surface area (Å²) in [4.78, 5) is 15.3. The summed E-state index contributed by atoms with van der Waals surface area (Å²) >= 11 is 0. The van der Waals surface area contributed by atoms with E-state index in [4.69, 9.17) is 0 Å². The Hall–Kier alpha value is -3.59. The normalized spacial score (nSPS) is 13.0. The van der Waals surface area contributed by atoms with Gasteiger partial charge in [0, 0.05) is 28.9 Å². The lowest BCUT2D eigenvalue weighted by molar-refractivity contribution is -0.137. The predicted molar refractivity (Wildman–Crippen MR) is 115 cm³/mol. The second-order valence-electron chi connectivity index (χ2n) is 7.86. The molecule has 0 bridgehead atoms. The van der Waals surface area contributed by atoms with Crippen LogP contribution in [0.4, 0.5) is 18.9 Å². The van der Waals surface area contributed by atoms with E-state index in [0.717, 1.165) is 34.2 Å². The summed E-state index contributed by atoms with van der Waals surface area (Å²) in [5.74, 6) is -0.701. The van der Waals surface area contributed by atoms with E-state index in [9.17, 15) is 23.1 Å². The first-order valence-corrected chi connectivity index (χ1v) is 9.96. The highest BCUT2D eigenvalue weighted by atomic mass is 19.4. The van der Waals surface area contributed by atoms with E-state index in [1.807, 2.05) is 18.2 Å². The van der Waals surface area contributed by atoms with Crippen molar-refractivity contribution >= 4 is 22.5 Å². The molecule has 0 aliphatic carbocycles. The molecular weight excluding hydrogens is 421 g/mol. The van der Waals surface area contributed by atoms with E-state index in [2.05, 4.69) is 15.4 Å². The van der Waals surface area contributed by atoms with Crippen molar-refractivity contribution in [1.29, 1.82) is 0 Å². The molecule has 4 aromatic rings. The number of benzene rings is 2. The second kappa shape index (κ2) is 8.16. The van der Waals surface area contributed by atoms with E-state index < -0.39 is 23.8 Å². The lowest BCUT2D eigenvalue weighted by Gasteiger charge is -2.13. The highest BCUT2D eigenvalue weighted by Crippen LogP contribution is 2.31. The number of nitrogens with one attached hydrogen (secondary N) is 2. The number of H-pyrrole nitrogens is 1. The monoisotopic (exact) mass is 442 g/mol. The number of halogens is 3. The number of rotatable bonds is 5. The number of amides is 1. The van der Waals surface area contributed by atoms with Crippen LogP contribution in [0.1, 0.15) is 19.4 Å². The molecule has 3 N–H and O–H groups in total. The Morgan fingerprint density at radius 1 is 1.12 bits per heavy atom. The van der Waals surface area contributed by atoms with Crippen molar-refractivity contribution in [2.45, 2.75) is 26.1 Å². The largest absolute Gasteiger partial charge is 0.416 e. The van der Waals surface area contributed by atoms with Gasteiger partial charge in [-0.2, -0.15) is 18.3 Å². The van der Waals surface area contributed by atoms with Crippen LogP contribution in [0.2, 0.25) is 0 Å². The Morgan fingerprint density at radius 3 is 2.50 bits per heavy atom.